The molecule has 2 aromatic carbocycles. The lowest BCUT2D eigenvalue weighted by Crippen LogP contribution is -2.19. The molecule has 1 aliphatic rings. The molecule has 3 aromatic rings. The first-order valence-electron chi connectivity index (χ1n) is 10.3. The fraction of sp³-hybridized carbons (Fsp3) is 0.409. The molecule has 1 heterocycles. The van der Waals surface area contributed by atoms with Crippen molar-refractivity contribution in [2.45, 2.75) is 31.9 Å². The summed E-state index contributed by atoms with van der Waals surface area (Å²) in [5, 5.41) is -0.386. The molecule has 166 valence electrons. The summed E-state index contributed by atoms with van der Waals surface area (Å²) < 4.78 is 42.7. The van der Waals surface area contributed by atoms with E-state index in [0.29, 0.717) is 59.3 Å². The van der Waals surface area contributed by atoms with Gasteiger partial charge in [0.15, 0.2) is 5.75 Å². The van der Waals surface area contributed by atoms with E-state index in [-0.39, 0.29) is 10.9 Å². The van der Waals surface area contributed by atoms with Crippen LogP contribution in [0.1, 0.15) is 26.7 Å². The number of hydrogen-bond donors (Lipinski definition) is 1. The predicted octanol–water partition coefficient (Wildman–Crippen LogP) is 3.61. The second-order valence-electron chi connectivity index (χ2n) is 8.37. The van der Waals surface area contributed by atoms with E-state index in [4.69, 9.17) is 9.47 Å². The Bertz CT molecular complexity index is 1290. The summed E-state index contributed by atoms with van der Waals surface area (Å²) >= 11 is 0. The molecule has 31 heavy (non-hydrogen) atoms. The highest BCUT2D eigenvalue weighted by Crippen LogP contribution is 2.37. The van der Waals surface area contributed by atoms with Gasteiger partial charge in [-0.3, -0.25) is 13.9 Å². The van der Waals surface area contributed by atoms with E-state index in [2.05, 4.69) is 18.6 Å². The number of rotatable bonds is 8. The van der Waals surface area contributed by atoms with Gasteiger partial charge < -0.3 is 9.47 Å². The molecule has 0 atom stereocenters. The zero-order valence-corrected chi connectivity index (χ0v) is 18.9. The molecule has 1 aromatic heterocycles. The van der Waals surface area contributed by atoms with E-state index in [1.54, 1.807) is 38.4 Å². The van der Waals surface area contributed by atoms with E-state index in [9.17, 15) is 13.2 Å². The summed E-state index contributed by atoms with van der Waals surface area (Å²) in [4.78, 5) is 12.4. The summed E-state index contributed by atoms with van der Waals surface area (Å²) in [5.74, 6) is 1.88. The van der Waals surface area contributed by atoms with Gasteiger partial charge in [-0.15, -0.1) is 0 Å². The van der Waals surface area contributed by atoms with Crippen molar-refractivity contribution in [1.82, 2.24) is 9.13 Å². The van der Waals surface area contributed by atoms with Crippen LogP contribution in [0.15, 0.2) is 41.2 Å². The Hall–Kier alpha value is -2.94. The third kappa shape index (κ3) is 4.41. The second-order valence-corrected chi connectivity index (χ2v) is 10.3. The summed E-state index contributed by atoms with van der Waals surface area (Å²) in [6.45, 7) is 4.71. The minimum absolute atomic E-state index is 0.202. The molecular weight excluding hydrogens is 418 g/mol. The molecule has 1 fully saturated rings. The van der Waals surface area contributed by atoms with Crippen LogP contribution in [0.25, 0.3) is 11.0 Å². The van der Waals surface area contributed by atoms with E-state index in [1.807, 2.05) is 12.1 Å². The maximum Gasteiger partial charge on any atom is 0.328 e. The number of hydrogen-bond acceptors (Lipinski definition) is 5. The zero-order chi connectivity index (χ0) is 22.3. The molecule has 0 saturated heterocycles. The minimum Gasteiger partial charge on any atom is -0.493 e. The van der Waals surface area contributed by atoms with Gasteiger partial charge in [0.1, 0.15) is 11.5 Å². The first kappa shape index (κ1) is 21.3. The molecule has 0 amide bonds. The predicted molar refractivity (Wildman–Crippen MR) is 121 cm³/mol. The molecule has 4 rings (SSSR count). The van der Waals surface area contributed by atoms with Crippen LogP contribution in [-0.4, -0.2) is 29.4 Å². The van der Waals surface area contributed by atoms with Crippen molar-refractivity contribution < 1.29 is 17.9 Å². The number of fused-ring (bicyclic) bond motifs is 1. The number of aromatic nitrogens is 2. The van der Waals surface area contributed by atoms with Gasteiger partial charge in [0.05, 0.1) is 28.6 Å². The van der Waals surface area contributed by atoms with Crippen molar-refractivity contribution in [3.8, 4) is 17.2 Å². The lowest BCUT2D eigenvalue weighted by molar-refractivity contribution is 0.270. The van der Waals surface area contributed by atoms with Gasteiger partial charge >= 0.3 is 5.69 Å². The number of nitrogens with one attached hydrogen (secondary N) is 1. The smallest absolute Gasteiger partial charge is 0.328 e. The van der Waals surface area contributed by atoms with E-state index in [0.717, 1.165) is 0 Å². The van der Waals surface area contributed by atoms with Crippen molar-refractivity contribution in [2.24, 2.45) is 20.0 Å². The second kappa shape index (κ2) is 7.96. The molecule has 0 unspecified atom stereocenters. The zero-order valence-electron chi connectivity index (χ0n) is 18.1. The van der Waals surface area contributed by atoms with Crippen LogP contribution >= 0.6 is 0 Å². The van der Waals surface area contributed by atoms with E-state index in [1.165, 1.54) is 9.13 Å². The maximum atomic E-state index is 12.6. The van der Waals surface area contributed by atoms with E-state index >= 15 is 0 Å². The lowest BCUT2D eigenvalue weighted by atomic mass is 10.2. The Morgan fingerprint density at radius 2 is 1.71 bits per heavy atom. The van der Waals surface area contributed by atoms with Gasteiger partial charge in [0, 0.05) is 26.2 Å². The van der Waals surface area contributed by atoms with Crippen molar-refractivity contribution in [3.63, 3.8) is 0 Å². The number of imidazole rings is 1. The Morgan fingerprint density at radius 3 is 2.35 bits per heavy atom. The van der Waals surface area contributed by atoms with E-state index < -0.39 is 10.0 Å². The highest BCUT2D eigenvalue weighted by molar-refractivity contribution is 7.93. The molecule has 0 spiro atoms. The third-order valence-electron chi connectivity index (χ3n) is 5.21. The summed E-state index contributed by atoms with van der Waals surface area (Å²) in [7, 11) is -0.193. The summed E-state index contributed by atoms with van der Waals surface area (Å²) in [6, 6.07) is 10.5. The normalized spacial score (nSPS) is 14.2. The fourth-order valence-corrected chi connectivity index (χ4v) is 4.71. The molecule has 0 bridgehead atoms. The minimum atomic E-state index is -3.51. The quantitative estimate of drug-likeness (QED) is 0.572. The molecule has 9 heteroatoms. The van der Waals surface area contributed by atoms with Crippen LogP contribution in [-0.2, 0) is 24.1 Å². The van der Waals surface area contributed by atoms with Crippen molar-refractivity contribution >= 4 is 26.7 Å². The van der Waals surface area contributed by atoms with Crippen molar-refractivity contribution in [3.05, 3.63) is 46.9 Å². The van der Waals surface area contributed by atoms with Gasteiger partial charge in [0.2, 0.25) is 10.0 Å². The summed E-state index contributed by atoms with van der Waals surface area (Å²) in [5.41, 5.74) is 1.35. The molecule has 1 aliphatic carbocycles. The van der Waals surface area contributed by atoms with Gasteiger partial charge in [-0.05, 0) is 37.0 Å². The van der Waals surface area contributed by atoms with Crippen molar-refractivity contribution in [1.29, 1.82) is 0 Å². The molecule has 0 aliphatic heterocycles. The monoisotopic (exact) mass is 445 g/mol. The number of nitrogens with zero attached hydrogens (tertiary/aromatic N) is 2. The number of anilines is 1. The Morgan fingerprint density at radius 1 is 1.06 bits per heavy atom. The molecule has 1 N–H and O–H groups in total. The lowest BCUT2D eigenvalue weighted by Gasteiger charge is -2.15. The molecule has 0 radical (unpaired) electrons. The molecular formula is C22H27N3O5S. The Kier molecular flexibility index (Phi) is 5.47. The third-order valence-corrected chi connectivity index (χ3v) is 7.06. The number of benzene rings is 2. The van der Waals surface area contributed by atoms with Crippen molar-refractivity contribution in [2.75, 3.05) is 11.3 Å². The largest absolute Gasteiger partial charge is 0.493 e. The number of aryl methyl sites for hydroxylation is 2. The standard InChI is InChI=1S/C22H27N3O5S/c1-14(2)13-29-15-6-5-7-16(10-15)30-21-12-20-19(24(3)22(26)25(20)4)11-18(21)23-31(27,28)17-8-9-17/h5-7,10-12,14,17,23H,8-9,13H2,1-4H3. The first-order chi connectivity index (χ1) is 14.7. The van der Waals surface area contributed by atoms with Gasteiger partial charge in [0.25, 0.3) is 0 Å². The molecule has 1 saturated carbocycles. The summed E-state index contributed by atoms with van der Waals surface area (Å²) in [6.07, 6.45) is 1.29. The average Bonchev–Trinajstić information content (AvgIpc) is 3.55. The fourth-order valence-electron chi connectivity index (χ4n) is 3.32. The SMILES string of the molecule is CC(C)COc1cccc(Oc2cc3c(cc2NS(=O)(=O)C2CC2)n(C)c(=O)n3C)c1. The van der Waals surface area contributed by atoms with Crippen LogP contribution in [0.2, 0.25) is 0 Å². The van der Waals surface area contributed by atoms with Crippen LogP contribution in [0.5, 0.6) is 17.2 Å². The van der Waals surface area contributed by atoms with Crippen LogP contribution in [0.3, 0.4) is 0 Å². The van der Waals surface area contributed by atoms with Gasteiger partial charge in [-0.2, -0.15) is 0 Å². The van der Waals surface area contributed by atoms with Gasteiger partial charge in [-0.25, -0.2) is 13.2 Å². The maximum absolute atomic E-state index is 12.6. The Labute approximate surface area is 181 Å². The number of ether oxygens (including phenoxy) is 2. The first-order valence-corrected chi connectivity index (χ1v) is 11.8. The topological polar surface area (TPSA) is 91.6 Å². The highest BCUT2D eigenvalue weighted by atomic mass is 32.2. The average molecular weight is 446 g/mol. The highest BCUT2D eigenvalue weighted by Gasteiger charge is 2.36. The van der Waals surface area contributed by atoms with Crippen LogP contribution < -0.4 is 19.9 Å². The number of sulfonamides is 1. The molecule has 8 nitrogen and oxygen atoms in total. The van der Waals surface area contributed by atoms with Crippen LogP contribution in [0, 0.1) is 5.92 Å². The van der Waals surface area contributed by atoms with Gasteiger partial charge in [-0.1, -0.05) is 19.9 Å². The van der Waals surface area contributed by atoms with Crippen LogP contribution in [0.4, 0.5) is 5.69 Å². The Balaban J connectivity index is 1.74.